The van der Waals surface area contributed by atoms with Crippen molar-refractivity contribution in [2.24, 2.45) is 11.0 Å². The first-order chi connectivity index (χ1) is 2.56. The van der Waals surface area contributed by atoms with E-state index in [0.717, 1.165) is 0 Å². The van der Waals surface area contributed by atoms with Crippen LogP contribution in [0.5, 0.6) is 0 Å². The second kappa shape index (κ2) is 4.55. The SMILES string of the molecule is NP(N)(=O)NF.[KH]. The number of nitrogens with one attached hydrogen (secondary N) is 1. The van der Waals surface area contributed by atoms with Gasteiger partial charge in [-0.15, -0.1) is 4.48 Å². The van der Waals surface area contributed by atoms with Crippen molar-refractivity contribution in [2.75, 3.05) is 0 Å². The first-order valence-electron chi connectivity index (χ1n) is 1.11. The van der Waals surface area contributed by atoms with Crippen LogP contribution in [0.25, 0.3) is 0 Å². The zero-order valence-electron chi connectivity index (χ0n) is 2.89. The van der Waals surface area contributed by atoms with E-state index in [1.165, 1.54) is 0 Å². The van der Waals surface area contributed by atoms with Gasteiger partial charge < -0.3 is 0 Å². The van der Waals surface area contributed by atoms with Crippen LogP contribution in [0.1, 0.15) is 0 Å². The third-order valence-corrected chi connectivity index (χ3v) is 0.396. The van der Waals surface area contributed by atoms with Gasteiger partial charge in [-0.25, -0.2) is 0 Å². The van der Waals surface area contributed by atoms with Crippen LogP contribution in [0.3, 0.4) is 0 Å². The maximum atomic E-state index is 10.7. The van der Waals surface area contributed by atoms with Crippen LogP contribution in [0.2, 0.25) is 0 Å². The molecule has 0 aromatic rings. The third-order valence-electron chi connectivity index (χ3n) is 0.132. The topological polar surface area (TPSA) is 81.1 Å². The van der Waals surface area contributed by atoms with Gasteiger partial charge in [-0.2, -0.15) is 0 Å². The normalized spacial score (nSPS) is 10.1. The number of rotatable bonds is 1. The van der Waals surface area contributed by atoms with E-state index in [2.05, 4.69) is 11.0 Å². The van der Waals surface area contributed by atoms with Crippen molar-refractivity contribution in [1.29, 1.82) is 0 Å². The molecule has 0 aromatic carbocycles. The van der Waals surface area contributed by atoms with Gasteiger partial charge in [0.2, 0.25) is 0 Å². The Labute approximate surface area is 83.1 Å². The molecular weight excluding hydrogens is 147 g/mol. The molecule has 5 N–H and O–H groups in total. The Morgan fingerprint density at radius 3 is 1.71 bits per heavy atom. The minimum atomic E-state index is -3.56. The summed E-state index contributed by atoms with van der Waals surface area (Å²) in [6.45, 7) is 0. The summed E-state index contributed by atoms with van der Waals surface area (Å²) in [7, 11) is -3.56. The molecule has 0 aliphatic carbocycles. The Morgan fingerprint density at radius 2 is 1.71 bits per heavy atom. The molecule has 0 atom stereocenters. The summed E-state index contributed by atoms with van der Waals surface area (Å²) in [5, 5.41) is 0.715. The molecule has 7 heavy (non-hydrogen) atoms. The molecular formula is H6FKN3OP. The van der Waals surface area contributed by atoms with Crippen molar-refractivity contribution in [1.82, 2.24) is 5.31 Å². The molecule has 0 aromatic heterocycles. The van der Waals surface area contributed by atoms with Crippen molar-refractivity contribution in [3.8, 4) is 0 Å². The Bertz CT molecular complexity index is 79.0. The first-order valence-corrected chi connectivity index (χ1v) is 2.96. The predicted octanol–water partition coefficient (Wildman–Crippen LogP) is -1.16. The van der Waals surface area contributed by atoms with Crippen LogP contribution < -0.4 is 16.3 Å². The van der Waals surface area contributed by atoms with Gasteiger partial charge in [0.15, 0.2) is 0 Å². The number of nitrogens with two attached hydrogens (primary N) is 2. The van der Waals surface area contributed by atoms with Crippen molar-refractivity contribution >= 4 is 59.0 Å². The zero-order valence-corrected chi connectivity index (χ0v) is 3.78. The van der Waals surface area contributed by atoms with Crippen molar-refractivity contribution < 1.29 is 9.05 Å². The molecule has 0 heterocycles. The summed E-state index contributed by atoms with van der Waals surface area (Å²) in [6, 6.07) is 0. The van der Waals surface area contributed by atoms with E-state index < -0.39 is 7.59 Å². The van der Waals surface area contributed by atoms with E-state index in [4.69, 9.17) is 0 Å². The molecule has 0 bridgehead atoms. The molecule has 0 aliphatic rings. The van der Waals surface area contributed by atoms with Crippen molar-refractivity contribution in [2.45, 2.75) is 0 Å². The summed E-state index contributed by atoms with van der Waals surface area (Å²) in [6.07, 6.45) is 0. The molecule has 0 rings (SSSR count). The van der Waals surface area contributed by atoms with E-state index in [-0.39, 0.29) is 51.4 Å². The molecule has 0 fully saturated rings. The summed E-state index contributed by atoms with van der Waals surface area (Å²) < 4.78 is 20.4. The Balaban J connectivity index is 0. The summed E-state index contributed by atoms with van der Waals surface area (Å²) in [4.78, 5) is 0. The third kappa shape index (κ3) is 11.3. The quantitative estimate of drug-likeness (QED) is 0.252. The average molecular weight is 153 g/mol. The van der Waals surface area contributed by atoms with E-state index in [0.29, 0.717) is 5.31 Å². The van der Waals surface area contributed by atoms with E-state index in [9.17, 15) is 9.05 Å². The Hall–Kier alpha value is 1.68. The fourth-order valence-electron chi connectivity index (χ4n) is 0. The summed E-state index contributed by atoms with van der Waals surface area (Å²) in [5.41, 5.74) is 8.76. The monoisotopic (exact) mass is 153 g/mol. The van der Waals surface area contributed by atoms with Crippen LogP contribution in [-0.4, -0.2) is 51.4 Å². The van der Waals surface area contributed by atoms with E-state index >= 15 is 0 Å². The van der Waals surface area contributed by atoms with Gasteiger partial charge in [0.25, 0.3) is 0 Å². The van der Waals surface area contributed by atoms with Crippen LogP contribution >= 0.6 is 7.59 Å². The fourth-order valence-corrected chi connectivity index (χ4v) is 0. The van der Waals surface area contributed by atoms with E-state index in [1.54, 1.807) is 0 Å². The van der Waals surface area contributed by atoms with Gasteiger partial charge in [-0.3, -0.25) is 15.6 Å². The van der Waals surface area contributed by atoms with Crippen LogP contribution in [0.15, 0.2) is 0 Å². The molecule has 0 aliphatic heterocycles. The standard InChI is InChI=1S/FH5N3OP.K.H/c1-4-6(2,3)5;;/h(H5,2,3,4,5);;. The van der Waals surface area contributed by atoms with Gasteiger partial charge in [-0.1, -0.05) is 5.31 Å². The zero-order chi connectivity index (χ0) is 5.21. The maximum absolute atomic E-state index is 10.7. The van der Waals surface area contributed by atoms with Gasteiger partial charge in [0, 0.05) is 0 Å². The minimum absolute atomic E-state index is 0. The Morgan fingerprint density at radius 1 is 1.57 bits per heavy atom. The predicted molar refractivity (Wildman–Crippen MR) is 27.4 cm³/mol. The molecule has 0 radical (unpaired) electrons. The molecule has 0 saturated carbocycles. The van der Waals surface area contributed by atoms with Gasteiger partial charge in [0.05, 0.1) is 0 Å². The molecule has 0 spiro atoms. The van der Waals surface area contributed by atoms with Gasteiger partial charge >= 0.3 is 59.0 Å². The fraction of sp³-hybridized carbons (Fsp3) is 0. The number of hydrogen-bond acceptors (Lipinski definition) is 1. The molecule has 0 saturated heterocycles. The van der Waals surface area contributed by atoms with Gasteiger partial charge in [-0.05, 0) is 0 Å². The molecule has 40 valence electrons. The second-order valence-corrected chi connectivity index (χ2v) is 2.38. The molecule has 0 unspecified atom stereocenters. The second-order valence-electron chi connectivity index (χ2n) is 0.794. The van der Waals surface area contributed by atoms with Crippen LogP contribution in [0.4, 0.5) is 4.48 Å². The average Bonchev–Trinajstić information content (AvgIpc) is 1.35. The number of hydrogen-bond donors (Lipinski definition) is 3. The molecule has 7 heteroatoms. The van der Waals surface area contributed by atoms with Crippen LogP contribution in [-0.2, 0) is 4.57 Å². The van der Waals surface area contributed by atoms with E-state index in [1.807, 2.05) is 0 Å². The summed E-state index contributed by atoms with van der Waals surface area (Å²) in [5.74, 6) is 0. The molecule has 4 nitrogen and oxygen atoms in total. The first kappa shape index (κ1) is 11.5. The van der Waals surface area contributed by atoms with Crippen molar-refractivity contribution in [3.05, 3.63) is 0 Å². The number of halogens is 1. The molecule has 0 amide bonds. The van der Waals surface area contributed by atoms with Crippen molar-refractivity contribution in [3.63, 3.8) is 0 Å². The van der Waals surface area contributed by atoms with Crippen LogP contribution in [0, 0.1) is 0 Å². The summed E-state index contributed by atoms with van der Waals surface area (Å²) >= 11 is 0. The Kier molecular flexibility index (Phi) is 7.45. The van der Waals surface area contributed by atoms with Gasteiger partial charge in [0.1, 0.15) is 0 Å².